The lowest BCUT2D eigenvalue weighted by Gasteiger charge is -2.30. The first-order valence-corrected chi connectivity index (χ1v) is 23.9. The van der Waals surface area contributed by atoms with Crippen LogP contribution in [0.4, 0.5) is 17.1 Å². The molecule has 0 amide bonds. The maximum atomic E-state index is 2.42. The van der Waals surface area contributed by atoms with Crippen molar-refractivity contribution in [3.63, 3.8) is 0 Å². The van der Waals surface area contributed by atoms with E-state index in [0.29, 0.717) is 0 Å². The summed E-state index contributed by atoms with van der Waals surface area (Å²) in [6, 6.07) is 98.3. The Morgan fingerprint density at radius 2 is 0.652 bits per heavy atom. The fourth-order valence-corrected chi connectivity index (χ4v) is 11.9. The summed E-state index contributed by atoms with van der Waals surface area (Å²) >= 11 is 0. The number of hydrogen-bond acceptors (Lipinski definition) is 1. The highest BCUT2D eigenvalue weighted by Crippen LogP contribution is 2.64. The summed E-state index contributed by atoms with van der Waals surface area (Å²) in [5.74, 6) is 0. The molecule has 2 aliphatic rings. The molecule has 0 atom stereocenters. The van der Waals surface area contributed by atoms with Gasteiger partial charge >= 0.3 is 0 Å². The average molecular weight is 877 g/mol. The predicted octanol–water partition coefficient (Wildman–Crippen LogP) is 17.6. The molecule has 2 aliphatic carbocycles. The van der Waals surface area contributed by atoms with Crippen molar-refractivity contribution >= 4 is 38.9 Å². The Balaban J connectivity index is 0.882. The minimum Gasteiger partial charge on any atom is -0.311 e. The zero-order chi connectivity index (χ0) is 45.5. The van der Waals surface area contributed by atoms with Gasteiger partial charge in [-0.15, -0.1) is 0 Å². The van der Waals surface area contributed by atoms with Gasteiger partial charge in [0, 0.05) is 33.4 Å². The second kappa shape index (κ2) is 15.6. The molecule has 0 unspecified atom stereocenters. The van der Waals surface area contributed by atoms with Gasteiger partial charge in [-0.3, -0.25) is 0 Å². The number of benzene rings is 11. The Hall–Kier alpha value is -8.98. The van der Waals surface area contributed by atoms with E-state index in [9.17, 15) is 0 Å². The van der Waals surface area contributed by atoms with Crippen LogP contribution in [0.3, 0.4) is 0 Å². The third-order valence-corrected chi connectivity index (χ3v) is 14.9. The highest BCUT2D eigenvalue weighted by Gasteiger charge is 2.52. The minimum absolute atomic E-state index is 0.381. The molecule has 0 radical (unpaired) electrons. The van der Waals surface area contributed by atoms with Gasteiger partial charge in [0.1, 0.15) is 0 Å². The third kappa shape index (κ3) is 5.86. The molecule has 2 nitrogen and oxygen atoms in total. The molecule has 0 bridgehead atoms. The van der Waals surface area contributed by atoms with Gasteiger partial charge in [0.15, 0.2) is 0 Å². The van der Waals surface area contributed by atoms with E-state index in [0.717, 1.165) is 28.3 Å². The zero-order valence-electron chi connectivity index (χ0n) is 37.8. The molecule has 1 aromatic heterocycles. The minimum atomic E-state index is -0.381. The number of aromatic nitrogens is 1. The van der Waals surface area contributed by atoms with Crippen LogP contribution < -0.4 is 4.90 Å². The van der Waals surface area contributed by atoms with Crippen LogP contribution in [0.5, 0.6) is 0 Å². The lowest BCUT2D eigenvalue weighted by molar-refractivity contribution is 0.794. The molecule has 0 saturated carbocycles. The molecule has 12 aromatic rings. The summed E-state index contributed by atoms with van der Waals surface area (Å²) in [4.78, 5) is 2.38. The largest absolute Gasteiger partial charge is 0.311 e. The van der Waals surface area contributed by atoms with Gasteiger partial charge in [-0.25, -0.2) is 0 Å². The Bertz CT molecular complexity index is 3840. The molecule has 69 heavy (non-hydrogen) atoms. The average Bonchev–Trinajstić information content (AvgIpc) is 4.04. The van der Waals surface area contributed by atoms with E-state index in [2.05, 4.69) is 276 Å². The van der Waals surface area contributed by atoms with E-state index in [4.69, 9.17) is 0 Å². The Morgan fingerprint density at radius 1 is 0.261 bits per heavy atom. The monoisotopic (exact) mass is 876 g/mol. The second-order valence-electron chi connectivity index (χ2n) is 18.3. The number of rotatable bonds is 7. The summed E-state index contributed by atoms with van der Waals surface area (Å²) < 4.78 is 2.42. The molecule has 322 valence electrons. The smallest absolute Gasteiger partial charge is 0.0725 e. The lowest BCUT2D eigenvalue weighted by Crippen LogP contribution is -2.25. The van der Waals surface area contributed by atoms with Crippen molar-refractivity contribution in [2.24, 2.45) is 0 Å². The van der Waals surface area contributed by atoms with Crippen LogP contribution in [0.25, 0.3) is 83.1 Å². The van der Waals surface area contributed by atoms with Crippen LogP contribution in [0.15, 0.2) is 267 Å². The van der Waals surface area contributed by atoms with Crippen LogP contribution >= 0.6 is 0 Å². The van der Waals surface area contributed by atoms with Crippen LogP contribution in [0.1, 0.15) is 22.3 Å². The summed E-state index contributed by atoms with van der Waals surface area (Å²) in [7, 11) is 0. The van der Waals surface area contributed by atoms with Crippen molar-refractivity contribution in [2.75, 3.05) is 4.90 Å². The van der Waals surface area contributed by atoms with Gasteiger partial charge < -0.3 is 9.47 Å². The van der Waals surface area contributed by atoms with Gasteiger partial charge in [-0.2, -0.15) is 0 Å². The number of hydrogen-bond donors (Lipinski definition) is 0. The fraction of sp³-hybridized carbons (Fsp3) is 0.0149. The maximum absolute atomic E-state index is 2.42. The first kappa shape index (κ1) is 39.2. The zero-order valence-corrected chi connectivity index (χ0v) is 37.8. The van der Waals surface area contributed by atoms with Gasteiger partial charge in [0.2, 0.25) is 0 Å². The van der Waals surface area contributed by atoms with Crippen molar-refractivity contribution in [3.05, 3.63) is 289 Å². The summed E-state index contributed by atoms with van der Waals surface area (Å²) in [6.45, 7) is 0. The number of fused-ring (bicyclic) bond motifs is 13. The first-order valence-electron chi connectivity index (χ1n) is 23.9. The number of anilines is 3. The molecule has 0 N–H and O–H groups in total. The Morgan fingerprint density at radius 3 is 1.23 bits per heavy atom. The molecule has 0 aliphatic heterocycles. The van der Waals surface area contributed by atoms with E-state index >= 15 is 0 Å². The molecule has 1 heterocycles. The molecule has 11 aromatic carbocycles. The van der Waals surface area contributed by atoms with E-state index in [-0.39, 0.29) is 5.41 Å². The molecular weight excluding hydrogens is 833 g/mol. The molecule has 2 heteroatoms. The summed E-state index contributed by atoms with van der Waals surface area (Å²) in [6.07, 6.45) is 0. The summed E-state index contributed by atoms with van der Waals surface area (Å²) in [5, 5.41) is 2.52. The molecule has 0 fully saturated rings. The molecule has 14 rings (SSSR count). The van der Waals surface area contributed by atoms with Crippen LogP contribution in [-0.4, -0.2) is 4.57 Å². The van der Waals surface area contributed by atoms with Crippen LogP contribution in [0, 0.1) is 0 Å². The van der Waals surface area contributed by atoms with E-state index in [1.165, 1.54) is 94.1 Å². The highest BCUT2D eigenvalue weighted by molar-refractivity contribution is 6.10. The SMILES string of the molecule is c1ccc(-c2ccc(N(c3ccc(-c4ccccc4-n4c5ccccc5c5ccccc54)cc3)c3ccc(-c4cccc5c4-c4ccccc4C54c5ccccc5-c5ccccc54)cc3)cc2)cc1. The Labute approximate surface area is 402 Å². The van der Waals surface area contributed by atoms with Crippen LogP contribution in [-0.2, 0) is 5.41 Å². The molecule has 0 saturated heterocycles. The normalized spacial score (nSPS) is 12.8. The number of para-hydroxylation sites is 3. The lowest BCUT2D eigenvalue weighted by atomic mass is 9.70. The van der Waals surface area contributed by atoms with E-state index in [1.54, 1.807) is 0 Å². The highest BCUT2D eigenvalue weighted by atomic mass is 15.1. The topological polar surface area (TPSA) is 8.17 Å². The van der Waals surface area contributed by atoms with Crippen molar-refractivity contribution < 1.29 is 0 Å². The standard InChI is InChI=1S/C67H44N2/c1-2-17-45(18-3-1)46-33-39-49(40-34-46)68(50-41-35-47(36-42-50)52-19-7-13-30-63(52)69-64-31-14-8-22-56(64)57-23-9-15-32-65(57)69)51-43-37-48(38-44-51)53-25-16-29-62-66(53)58-24-6-12-28-61(58)67(62)59-26-10-4-20-54(59)55-21-5-11-27-60(55)67/h1-44H. The number of nitrogens with zero attached hydrogens (tertiary/aromatic N) is 2. The van der Waals surface area contributed by atoms with Crippen molar-refractivity contribution in [2.45, 2.75) is 5.41 Å². The van der Waals surface area contributed by atoms with Crippen molar-refractivity contribution in [1.29, 1.82) is 0 Å². The summed E-state index contributed by atoms with van der Waals surface area (Å²) in [5.41, 5.74) is 24.3. The molecular formula is C67H44N2. The fourth-order valence-electron chi connectivity index (χ4n) is 11.9. The molecule has 1 spiro atoms. The van der Waals surface area contributed by atoms with Gasteiger partial charge in [-0.1, -0.05) is 212 Å². The maximum Gasteiger partial charge on any atom is 0.0725 e. The van der Waals surface area contributed by atoms with Gasteiger partial charge in [0.05, 0.1) is 22.1 Å². The van der Waals surface area contributed by atoms with E-state index in [1.807, 2.05) is 0 Å². The van der Waals surface area contributed by atoms with Crippen LogP contribution in [0.2, 0.25) is 0 Å². The second-order valence-corrected chi connectivity index (χ2v) is 18.3. The Kier molecular flexibility index (Phi) is 8.84. The van der Waals surface area contributed by atoms with Gasteiger partial charge in [0.25, 0.3) is 0 Å². The van der Waals surface area contributed by atoms with E-state index < -0.39 is 0 Å². The quantitative estimate of drug-likeness (QED) is 0.155. The predicted molar refractivity (Wildman–Crippen MR) is 288 cm³/mol. The third-order valence-electron chi connectivity index (χ3n) is 14.9. The van der Waals surface area contributed by atoms with Crippen molar-refractivity contribution in [3.8, 4) is 61.3 Å². The van der Waals surface area contributed by atoms with Crippen molar-refractivity contribution in [1.82, 2.24) is 4.57 Å². The van der Waals surface area contributed by atoms with Gasteiger partial charge in [-0.05, 0) is 127 Å². The first-order chi connectivity index (χ1) is 34.3.